The van der Waals surface area contributed by atoms with Crippen LogP contribution in [0.2, 0.25) is 10.8 Å². The second-order valence-corrected chi connectivity index (χ2v) is 35.6. The van der Waals surface area contributed by atoms with Crippen LogP contribution in [0.1, 0.15) is 104 Å². The van der Waals surface area contributed by atoms with E-state index in [4.69, 9.17) is 0 Å². The number of hydrogen-bond donors (Lipinski definition) is 0. The molecule has 0 aromatic heterocycles. The van der Waals surface area contributed by atoms with E-state index >= 15 is 0 Å². The molecule has 189 valence electrons. The van der Waals surface area contributed by atoms with Gasteiger partial charge >= 0.3 is 229 Å². The summed E-state index contributed by atoms with van der Waals surface area (Å²) >= 11 is -3.86. The maximum atomic E-state index is 4.41. The fraction of sp³-hybridized carbons (Fsp3) is 0.594. The van der Waals surface area contributed by atoms with Crippen LogP contribution >= 0.6 is 0 Å². The van der Waals surface area contributed by atoms with Crippen molar-refractivity contribution in [2.75, 3.05) is 0 Å². The number of benzene rings is 2. The Balaban J connectivity index is 2.18. The molecule has 0 amide bonds. The molecule has 0 aliphatic heterocycles. The standard InChI is InChI=1S/2C8H17.2C6H5.C4H7.2Sn.2H/c2*1-3-5-7-8-6-4-2;2*1-2-4-6-5-3-1;1-3-4-2;;;;/h2*1,3-8H2,2H3;2*1-5H;1H,2-4H2;;;;. The fourth-order valence-corrected chi connectivity index (χ4v) is 53.1. The van der Waals surface area contributed by atoms with Gasteiger partial charge < -0.3 is 0 Å². The molecule has 2 aromatic rings. The first-order valence-electron chi connectivity index (χ1n) is 14.7. The van der Waals surface area contributed by atoms with Crippen LogP contribution in [0, 0.1) is 6.92 Å². The average Bonchev–Trinajstić information content (AvgIpc) is 2.88. The third-order valence-corrected chi connectivity index (χ3v) is 46.3. The Morgan fingerprint density at radius 2 is 0.941 bits per heavy atom. The molecule has 2 unspecified atom stereocenters. The van der Waals surface area contributed by atoms with E-state index < -0.39 is 39.5 Å². The van der Waals surface area contributed by atoms with Crippen LogP contribution in [0.25, 0.3) is 0 Å². The van der Waals surface area contributed by atoms with Gasteiger partial charge in [-0.25, -0.2) is 0 Å². The van der Waals surface area contributed by atoms with Gasteiger partial charge in [-0.15, -0.1) is 0 Å². The summed E-state index contributed by atoms with van der Waals surface area (Å²) in [7, 11) is 0. The van der Waals surface area contributed by atoms with Crippen molar-refractivity contribution in [3.8, 4) is 0 Å². The summed E-state index contributed by atoms with van der Waals surface area (Å²) in [6, 6.07) is 23.8. The minimum absolute atomic E-state index is 1.09. The van der Waals surface area contributed by atoms with Gasteiger partial charge in [-0.2, -0.15) is 0 Å². The number of hydrogen-bond acceptors (Lipinski definition) is 0. The molecule has 0 aliphatic carbocycles. The van der Waals surface area contributed by atoms with E-state index in [1.807, 2.05) is 7.16 Å². The molecule has 0 saturated carbocycles. The third-order valence-electron chi connectivity index (χ3n) is 7.76. The zero-order valence-electron chi connectivity index (χ0n) is 22.5. The molecule has 1 radical (unpaired) electrons. The molecule has 0 bridgehead atoms. The maximum absolute atomic E-state index is 4.41. The second-order valence-electron chi connectivity index (χ2n) is 10.5. The molecule has 2 aromatic carbocycles. The van der Waals surface area contributed by atoms with Crippen molar-refractivity contribution in [1.29, 1.82) is 0 Å². The zero-order chi connectivity index (χ0) is 24.3. The van der Waals surface area contributed by atoms with Gasteiger partial charge in [0.2, 0.25) is 0 Å². The van der Waals surface area contributed by atoms with E-state index in [1.54, 1.807) is 8.87 Å². The molecule has 0 saturated heterocycles. The Morgan fingerprint density at radius 3 is 1.32 bits per heavy atom. The van der Waals surface area contributed by atoms with Crippen LogP contribution in [0.3, 0.4) is 0 Å². The Bertz CT molecular complexity index is 640. The Labute approximate surface area is 227 Å². The minimum atomic E-state index is -1.93. The van der Waals surface area contributed by atoms with Gasteiger partial charge in [0.1, 0.15) is 0 Å². The van der Waals surface area contributed by atoms with E-state index in [-0.39, 0.29) is 0 Å². The first kappa shape index (κ1) is 30.3. The Kier molecular flexibility index (Phi) is 17.9. The number of rotatable bonds is 20. The van der Waals surface area contributed by atoms with Crippen LogP contribution in [0.5, 0.6) is 0 Å². The summed E-state index contributed by atoms with van der Waals surface area (Å²) in [4.78, 5) is 0. The van der Waals surface area contributed by atoms with Gasteiger partial charge in [-0.1, -0.05) is 0 Å². The van der Waals surface area contributed by atoms with Crippen molar-refractivity contribution in [3.63, 3.8) is 0 Å². The molecular formula is C32H53Sn2. The molecule has 0 spiro atoms. The summed E-state index contributed by atoms with van der Waals surface area (Å²) in [5.41, 5.74) is 0. The predicted octanol–water partition coefficient (Wildman–Crippen LogP) is 8.50. The monoisotopic (exact) mass is 677 g/mol. The van der Waals surface area contributed by atoms with Crippen molar-refractivity contribution in [2.45, 2.75) is 115 Å². The predicted molar refractivity (Wildman–Crippen MR) is 161 cm³/mol. The first-order valence-corrected chi connectivity index (χ1v) is 26.5. The average molecular weight is 675 g/mol. The van der Waals surface area contributed by atoms with Gasteiger partial charge in [-0.3, -0.25) is 0 Å². The second kappa shape index (κ2) is 20.1. The van der Waals surface area contributed by atoms with Crippen LogP contribution in [0.15, 0.2) is 60.7 Å². The van der Waals surface area contributed by atoms with Crippen molar-refractivity contribution in [3.05, 3.63) is 67.6 Å². The molecule has 2 atom stereocenters. The van der Waals surface area contributed by atoms with Gasteiger partial charge in [-0.05, 0) is 0 Å². The van der Waals surface area contributed by atoms with Crippen LogP contribution in [-0.2, 0) is 0 Å². The quantitative estimate of drug-likeness (QED) is 0.0976. The molecular weight excluding hydrogens is 622 g/mol. The molecule has 34 heavy (non-hydrogen) atoms. The molecule has 2 heteroatoms. The van der Waals surface area contributed by atoms with E-state index in [0.717, 1.165) is 8.37 Å². The Morgan fingerprint density at radius 1 is 0.559 bits per heavy atom. The van der Waals surface area contributed by atoms with E-state index in [2.05, 4.69) is 81.4 Å². The van der Waals surface area contributed by atoms with Gasteiger partial charge in [0.05, 0.1) is 0 Å². The molecule has 0 N–H and O–H groups in total. The number of unbranched alkanes of at least 4 members (excludes halogenated alkanes) is 10. The van der Waals surface area contributed by atoms with Crippen LogP contribution < -0.4 is 7.16 Å². The zero-order valence-corrected chi connectivity index (χ0v) is 29.1. The Hall–Kier alpha value is 0.0374. The molecule has 0 heterocycles. The first-order chi connectivity index (χ1) is 16.8. The SMILES string of the molecule is [CH2]CC[CH]([SnH]([CH2]CCCCCCC)[c]1ccccc1)[SnH]([CH2]CCCCCCC)[c]1ccccc1. The van der Waals surface area contributed by atoms with E-state index in [0.29, 0.717) is 0 Å². The van der Waals surface area contributed by atoms with E-state index in [1.165, 1.54) is 83.5 Å². The van der Waals surface area contributed by atoms with Gasteiger partial charge in [0.25, 0.3) is 0 Å². The topological polar surface area (TPSA) is 0 Å². The molecule has 0 fully saturated rings. The summed E-state index contributed by atoms with van der Waals surface area (Å²) < 4.78 is 7.89. The van der Waals surface area contributed by atoms with Crippen molar-refractivity contribution < 1.29 is 0 Å². The van der Waals surface area contributed by atoms with Crippen molar-refractivity contribution >= 4 is 46.7 Å². The van der Waals surface area contributed by atoms with Crippen LogP contribution in [0.4, 0.5) is 0 Å². The fourth-order valence-electron chi connectivity index (χ4n) is 5.86. The molecule has 0 nitrogen and oxygen atoms in total. The van der Waals surface area contributed by atoms with Gasteiger partial charge in [0, 0.05) is 0 Å². The molecule has 0 aliphatic rings. The van der Waals surface area contributed by atoms with Crippen molar-refractivity contribution in [2.24, 2.45) is 0 Å². The van der Waals surface area contributed by atoms with E-state index in [9.17, 15) is 0 Å². The third kappa shape index (κ3) is 11.8. The summed E-state index contributed by atoms with van der Waals surface area (Å²) in [5, 5.41) is 0. The summed E-state index contributed by atoms with van der Waals surface area (Å²) in [6.45, 7) is 9.06. The summed E-state index contributed by atoms with van der Waals surface area (Å²) in [5.74, 6) is 0. The van der Waals surface area contributed by atoms with Crippen LogP contribution in [-0.4, -0.2) is 39.5 Å². The molecule has 2 rings (SSSR count). The normalized spacial score (nSPS) is 14.1. The summed E-state index contributed by atoms with van der Waals surface area (Å²) in [6.07, 6.45) is 19.7. The van der Waals surface area contributed by atoms with Gasteiger partial charge in [0.15, 0.2) is 0 Å². The van der Waals surface area contributed by atoms with Crippen molar-refractivity contribution in [1.82, 2.24) is 0 Å².